The summed E-state index contributed by atoms with van der Waals surface area (Å²) in [6.07, 6.45) is 1.35. The Bertz CT molecular complexity index is 328. The topological polar surface area (TPSA) is 63.8 Å². The normalized spacial score (nSPS) is 9.69. The van der Waals surface area contributed by atoms with Crippen LogP contribution in [0.25, 0.3) is 0 Å². The van der Waals surface area contributed by atoms with Crippen LogP contribution < -0.4 is 11.1 Å². The van der Waals surface area contributed by atoms with Crippen molar-refractivity contribution in [2.75, 3.05) is 17.6 Å². The van der Waals surface area contributed by atoms with Crippen LogP contribution in [-0.4, -0.2) is 16.5 Å². The predicted octanol–water partition coefficient (Wildman–Crippen LogP) is 2.03. The van der Waals surface area contributed by atoms with E-state index in [2.05, 4.69) is 37.8 Å². The zero-order valence-corrected chi connectivity index (χ0v) is 9.06. The Kier molecular flexibility index (Phi) is 3.50. The third-order valence-corrected chi connectivity index (χ3v) is 1.86. The van der Waals surface area contributed by atoms with Crippen LogP contribution in [0, 0.1) is 0 Å². The molecule has 70 valence electrons. The van der Waals surface area contributed by atoms with Gasteiger partial charge in [-0.2, -0.15) is 0 Å². The average Bonchev–Trinajstić information content (AvgIpc) is 2.07. The summed E-state index contributed by atoms with van der Waals surface area (Å²) in [5.74, 6) is 0.514. The van der Waals surface area contributed by atoms with Crippen molar-refractivity contribution in [3.8, 4) is 0 Å². The molecule has 6 heteroatoms. The zero-order valence-electron chi connectivity index (χ0n) is 6.72. The third kappa shape index (κ3) is 2.86. The fraction of sp³-hybridized carbons (Fsp3) is 0.143. The van der Waals surface area contributed by atoms with Gasteiger partial charge in [0.1, 0.15) is 12.0 Å². The summed E-state index contributed by atoms with van der Waals surface area (Å²) in [4.78, 5) is 7.64. The molecule has 0 aliphatic carbocycles. The molecule has 0 fully saturated rings. The number of aromatic nitrogens is 2. The minimum Gasteiger partial charge on any atom is -0.393 e. The van der Waals surface area contributed by atoms with Gasteiger partial charge in [-0.05, 0) is 0 Å². The van der Waals surface area contributed by atoms with E-state index < -0.39 is 0 Å². The van der Waals surface area contributed by atoms with Gasteiger partial charge in [-0.15, -0.1) is 0 Å². The molecule has 1 aromatic heterocycles. The van der Waals surface area contributed by atoms with Crippen LogP contribution in [0.15, 0.2) is 17.4 Å². The number of nitrogens with zero attached hydrogens (tertiary/aromatic N) is 2. The maximum Gasteiger partial charge on any atom is 0.157 e. The molecule has 1 heterocycles. The molecule has 0 spiro atoms. The van der Waals surface area contributed by atoms with Crippen molar-refractivity contribution in [3.05, 3.63) is 22.5 Å². The molecule has 0 amide bonds. The van der Waals surface area contributed by atoms with Gasteiger partial charge in [-0.3, -0.25) is 0 Å². The van der Waals surface area contributed by atoms with Crippen molar-refractivity contribution in [1.29, 1.82) is 0 Å². The molecular formula is C7H8BrClN4. The molecule has 0 aliphatic heterocycles. The van der Waals surface area contributed by atoms with E-state index >= 15 is 0 Å². The van der Waals surface area contributed by atoms with E-state index in [0.29, 0.717) is 18.1 Å². The number of hydrogen-bond acceptors (Lipinski definition) is 4. The minimum atomic E-state index is 0.248. The highest BCUT2D eigenvalue weighted by atomic mass is 79.9. The largest absolute Gasteiger partial charge is 0.393 e. The summed E-state index contributed by atoms with van der Waals surface area (Å²) < 4.78 is 0.807. The molecule has 0 unspecified atom stereocenters. The van der Waals surface area contributed by atoms with Crippen molar-refractivity contribution in [1.82, 2.24) is 9.97 Å². The fourth-order valence-corrected chi connectivity index (χ4v) is 0.968. The van der Waals surface area contributed by atoms with Crippen LogP contribution in [0.4, 0.5) is 11.5 Å². The Balaban J connectivity index is 2.77. The van der Waals surface area contributed by atoms with Gasteiger partial charge in [0.15, 0.2) is 11.0 Å². The highest BCUT2D eigenvalue weighted by Crippen LogP contribution is 2.21. The molecular weight excluding hydrogens is 255 g/mol. The molecule has 0 saturated carbocycles. The van der Waals surface area contributed by atoms with E-state index in [0.717, 1.165) is 4.48 Å². The smallest absolute Gasteiger partial charge is 0.157 e. The van der Waals surface area contributed by atoms with Crippen LogP contribution >= 0.6 is 27.5 Å². The van der Waals surface area contributed by atoms with Crippen LogP contribution in [0.5, 0.6) is 0 Å². The lowest BCUT2D eigenvalue weighted by Gasteiger charge is -2.06. The highest BCUT2D eigenvalue weighted by Gasteiger charge is 2.04. The first-order chi connectivity index (χ1) is 6.11. The van der Waals surface area contributed by atoms with E-state index in [1.807, 2.05) is 0 Å². The molecule has 1 rings (SSSR count). The van der Waals surface area contributed by atoms with Crippen molar-refractivity contribution < 1.29 is 0 Å². The summed E-state index contributed by atoms with van der Waals surface area (Å²) in [6.45, 7) is 4.20. The van der Waals surface area contributed by atoms with Crippen LogP contribution in [0.2, 0.25) is 5.15 Å². The molecule has 4 nitrogen and oxygen atoms in total. The Hall–Kier alpha value is -0.810. The fourth-order valence-electron chi connectivity index (χ4n) is 0.695. The van der Waals surface area contributed by atoms with Gasteiger partial charge < -0.3 is 11.1 Å². The van der Waals surface area contributed by atoms with Crippen LogP contribution in [-0.2, 0) is 0 Å². The maximum atomic E-state index is 5.68. The highest BCUT2D eigenvalue weighted by molar-refractivity contribution is 9.11. The SMILES string of the molecule is C=C(Br)CNc1ncnc(Cl)c1N. The first-order valence-electron chi connectivity index (χ1n) is 3.44. The number of nitrogens with one attached hydrogen (secondary N) is 1. The molecule has 1 aromatic rings. The van der Waals surface area contributed by atoms with E-state index in [1.54, 1.807) is 0 Å². The van der Waals surface area contributed by atoms with E-state index in [1.165, 1.54) is 6.33 Å². The number of nitrogens with two attached hydrogens (primary N) is 1. The number of nitrogen functional groups attached to an aromatic ring is 1. The monoisotopic (exact) mass is 262 g/mol. The van der Waals surface area contributed by atoms with Crippen LogP contribution in [0.1, 0.15) is 0 Å². The van der Waals surface area contributed by atoms with E-state index in [-0.39, 0.29) is 5.15 Å². The summed E-state index contributed by atoms with van der Waals surface area (Å²) in [7, 11) is 0. The van der Waals surface area contributed by atoms with Gasteiger partial charge in [-0.1, -0.05) is 34.1 Å². The predicted molar refractivity (Wildman–Crippen MR) is 58.0 cm³/mol. The Morgan fingerprint density at radius 1 is 1.69 bits per heavy atom. The summed E-state index contributed by atoms with van der Waals surface area (Å²) in [5.41, 5.74) is 5.95. The summed E-state index contributed by atoms with van der Waals surface area (Å²) in [6, 6.07) is 0. The maximum absolute atomic E-state index is 5.68. The van der Waals surface area contributed by atoms with E-state index in [9.17, 15) is 0 Å². The standard InChI is InChI=1S/C7H8BrClN4/c1-4(8)2-11-7-5(10)6(9)12-3-13-7/h3H,1-2,10H2,(H,11,12,13). The minimum absolute atomic E-state index is 0.248. The second kappa shape index (κ2) is 4.43. The molecule has 0 bridgehead atoms. The summed E-state index contributed by atoms with van der Waals surface area (Å²) in [5, 5.41) is 3.19. The number of halogens is 2. The van der Waals surface area contributed by atoms with Gasteiger partial charge in [0, 0.05) is 11.0 Å². The molecule has 0 radical (unpaired) electrons. The first-order valence-corrected chi connectivity index (χ1v) is 4.61. The summed E-state index contributed by atoms with van der Waals surface area (Å²) >= 11 is 8.88. The van der Waals surface area contributed by atoms with Crippen molar-refractivity contribution in [2.24, 2.45) is 0 Å². The van der Waals surface area contributed by atoms with Gasteiger partial charge in [0.2, 0.25) is 0 Å². The lowest BCUT2D eigenvalue weighted by atomic mass is 10.4. The van der Waals surface area contributed by atoms with Gasteiger partial charge in [0.25, 0.3) is 0 Å². The number of hydrogen-bond donors (Lipinski definition) is 2. The molecule has 0 atom stereocenters. The molecule has 3 N–H and O–H groups in total. The lowest BCUT2D eigenvalue weighted by Crippen LogP contribution is -2.06. The Morgan fingerprint density at radius 3 is 3.00 bits per heavy atom. The quantitative estimate of drug-likeness (QED) is 0.819. The van der Waals surface area contributed by atoms with E-state index in [4.69, 9.17) is 17.3 Å². The molecule has 0 aliphatic rings. The second-order valence-corrected chi connectivity index (χ2v) is 3.78. The Morgan fingerprint density at radius 2 is 2.38 bits per heavy atom. The van der Waals surface area contributed by atoms with Crippen LogP contribution in [0.3, 0.4) is 0 Å². The second-order valence-electron chi connectivity index (χ2n) is 2.30. The first kappa shape index (κ1) is 10.3. The molecule has 0 aromatic carbocycles. The number of rotatable bonds is 3. The van der Waals surface area contributed by atoms with Crippen molar-refractivity contribution in [3.63, 3.8) is 0 Å². The van der Waals surface area contributed by atoms with Crippen molar-refractivity contribution >= 4 is 39.0 Å². The van der Waals surface area contributed by atoms with Gasteiger partial charge >= 0.3 is 0 Å². The third-order valence-electron chi connectivity index (χ3n) is 1.28. The van der Waals surface area contributed by atoms with Crippen molar-refractivity contribution in [2.45, 2.75) is 0 Å². The van der Waals surface area contributed by atoms with Gasteiger partial charge in [0.05, 0.1) is 0 Å². The zero-order chi connectivity index (χ0) is 9.84. The number of anilines is 2. The lowest BCUT2D eigenvalue weighted by molar-refractivity contribution is 1.14. The molecule has 0 saturated heterocycles. The van der Waals surface area contributed by atoms with Gasteiger partial charge in [-0.25, -0.2) is 9.97 Å². The molecule has 13 heavy (non-hydrogen) atoms. The average molecular weight is 264 g/mol. The Labute approximate surface area is 89.3 Å².